The topological polar surface area (TPSA) is 62.1 Å². The van der Waals surface area contributed by atoms with Crippen molar-refractivity contribution in [2.45, 2.75) is 24.2 Å². The van der Waals surface area contributed by atoms with Crippen molar-refractivity contribution in [2.75, 3.05) is 12.4 Å². The van der Waals surface area contributed by atoms with Gasteiger partial charge in [0.05, 0.1) is 12.2 Å². The minimum atomic E-state index is -0.114. The fourth-order valence-electron chi connectivity index (χ4n) is 1.82. The first-order valence-electron chi connectivity index (χ1n) is 6.63. The van der Waals surface area contributed by atoms with E-state index in [0.717, 1.165) is 22.1 Å². The summed E-state index contributed by atoms with van der Waals surface area (Å²) in [7, 11) is 0. The average molecular weight is 323 g/mol. The van der Waals surface area contributed by atoms with Gasteiger partial charge >= 0.3 is 0 Å². The van der Waals surface area contributed by atoms with Gasteiger partial charge in [0.25, 0.3) is 0 Å². The Morgan fingerprint density at radius 3 is 2.90 bits per heavy atom. The molecule has 1 aliphatic rings. The van der Waals surface area contributed by atoms with Crippen molar-refractivity contribution in [3.05, 3.63) is 40.7 Å². The molecule has 0 saturated carbocycles. The minimum Gasteiger partial charge on any atom is -0.478 e. The maximum Gasteiger partial charge on any atom is 0.226 e. The molecule has 6 heteroatoms. The van der Waals surface area contributed by atoms with Gasteiger partial charge in [0.15, 0.2) is 0 Å². The third-order valence-electron chi connectivity index (χ3n) is 2.89. The van der Waals surface area contributed by atoms with E-state index < -0.39 is 0 Å². The number of amides is 1. The predicted molar refractivity (Wildman–Crippen MR) is 82.8 cm³/mol. The number of nitrogens with zero attached hydrogens (tertiary/aromatic N) is 1. The van der Waals surface area contributed by atoms with Crippen LogP contribution in [0.25, 0.3) is 0 Å². The molecule has 1 aliphatic heterocycles. The Morgan fingerprint density at radius 1 is 1.43 bits per heavy atom. The lowest BCUT2D eigenvalue weighted by Crippen LogP contribution is -2.23. The van der Waals surface area contributed by atoms with Crippen LogP contribution in [0.1, 0.15) is 19.3 Å². The molecule has 0 fully saturated rings. The van der Waals surface area contributed by atoms with Crippen molar-refractivity contribution >= 4 is 29.3 Å². The predicted octanol–water partition coefficient (Wildman–Crippen LogP) is 3.48. The van der Waals surface area contributed by atoms with Crippen LogP contribution in [0.3, 0.4) is 0 Å². The molecule has 4 nitrogen and oxygen atoms in total. The van der Waals surface area contributed by atoms with Gasteiger partial charge in [0, 0.05) is 22.8 Å². The Morgan fingerprint density at radius 2 is 2.19 bits per heavy atom. The van der Waals surface area contributed by atoms with E-state index in [1.807, 2.05) is 30.3 Å². The van der Waals surface area contributed by atoms with Gasteiger partial charge < -0.3 is 4.74 Å². The van der Waals surface area contributed by atoms with E-state index in [-0.39, 0.29) is 5.91 Å². The molecule has 1 N–H and O–H groups in total. The molecule has 1 amide bonds. The zero-order chi connectivity index (χ0) is 15.1. The molecule has 0 radical (unpaired) electrons. The number of halogens is 1. The number of carbonyl (C=O) groups excluding carboxylic acids is 1. The first-order chi connectivity index (χ1) is 10.2. The van der Waals surface area contributed by atoms with E-state index in [1.165, 1.54) is 0 Å². The summed E-state index contributed by atoms with van der Waals surface area (Å²) in [5.74, 6) is 1.06. The van der Waals surface area contributed by atoms with Gasteiger partial charge in [-0.05, 0) is 36.4 Å². The number of hydrogen-bond acceptors (Lipinski definition) is 4. The number of ether oxygens (including phenoxy) is 1. The molecule has 0 aromatic heterocycles. The summed E-state index contributed by atoms with van der Waals surface area (Å²) in [6.07, 6.45) is 1.74. The maximum absolute atomic E-state index is 11.8. The number of carbonyl (C=O) groups is 1. The smallest absolute Gasteiger partial charge is 0.226 e. The van der Waals surface area contributed by atoms with E-state index in [4.69, 9.17) is 21.6 Å². The molecule has 0 spiro atoms. The third kappa shape index (κ3) is 5.00. The Labute approximate surface area is 133 Å². The molecule has 2 rings (SSSR count). The van der Waals surface area contributed by atoms with Crippen LogP contribution in [-0.4, -0.2) is 18.3 Å². The van der Waals surface area contributed by atoms with Crippen molar-refractivity contribution in [2.24, 2.45) is 0 Å². The zero-order valence-corrected chi connectivity index (χ0v) is 13.0. The highest BCUT2D eigenvalue weighted by molar-refractivity contribution is 7.99. The number of thioether (sulfide) groups is 1. The summed E-state index contributed by atoms with van der Waals surface area (Å²) >= 11 is 7.50. The first kappa shape index (κ1) is 15.7. The van der Waals surface area contributed by atoms with Gasteiger partial charge in [0.2, 0.25) is 11.8 Å². The lowest BCUT2D eigenvalue weighted by Gasteiger charge is -2.06. The van der Waals surface area contributed by atoms with Crippen LogP contribution >= 0.6 is 23.4 Å². The highest BCUT2D eigenvalue weighted by Crippen LogP contribution is 2.21. The van der Waals surface area contributed by atoms with Crippen LogP contribution in [0.15, 0.2) is 40.6 Å². The van der Waals surface area contributed by atoms with Crippen LogP contribution < -0.4 is 5.32 Å². The Balaban J connectivity index is 1.68. The van der Waals surface area contributed by atoms with Gasteiger partial charge in [-0.1, -0.05) is 11.6 Å². The van der Waals surface area contributed by atoms with E-state index in [9.17, 15) is 4.79 Å². The van der Waals surface area contributed by atoms with Gasteiger partial charge in [0.1, 0.15) is 6.07 Å². The summed E-state index contributed by atoms with van der Waals surface area (Å²) in [5.41, 5.74) is 0.513. The van der Waals surface area contributed by atoms with E-state index >= 15 is 0 Å². The fourth-order valence-corrected chi connectivity index (χ4v) is 2.80. The summed E-state index contributed by atoms with van der Waals surface area (Å²) in [5, 5.41) is 12.2. The number of benzene rings is 1. The maximum atomic E-state index is 11.8. The molecule has 0 saturated heterocycles. The molecule has 0 aliphatic carbocycles. The second kappa shape index (κ2) is 7.96. The summed E-state index contributed by atoms with van der Waals surface area (Å²) in [4.78, 5) is 12.9. The summed E-state index contributed by atoms with van der Waals surface area (Å²) in [6.45, 7) is 0.463. The third-order valence-corrected chi connectivity index (χ3v) is 4.24. The molecule has 0 atom stereocenters. The lowest BCUT2D eigenvalue weighted by molar-refractivity contribution is -0.121. The van der Waals surface area contributed by atoms with Crippen molar-refractivity contribution in [3.8, 4) is 6.07 Å². The van der Waals surface area contributed by atoms with Crippen molar-refractivity contribution in [1.29, 1.82) is 5.26 Å². The minimum absolute atomic E-state index is 0.114. The standard InChI is InChI=1S/C15H15ClN2O2S/c16-12-3-5-13(6-4-12)21-9-1-2-14(19)18-15-11(10-17)7-8-20-15/h3-6H,1-2,7-9H2,(H,18,19). The lowest BCUT2D eigenvalue weighted by atomic mass is 10.2. The van der Waals surface area contributed by atoms with Crippen LogP contribution in [0.2, 0.25) is 5.02 Å². The zero-order valence-electron chi connectivity index (χ0n) is 11.4. The van der Waals surface area contributed by atoms with Crippen LogP contribution in [0, 0.1) is 11.3 Å². The normalized spacial score (nSPS) is 13.7. The Bertz CT molecular complexity index is 578. The second-order valence-electron chi connectivity index (χ2n) is 4.47. The Hall–Kier alpha value is -1.64. The van der Waals surface area contributed by atoms with Crippen molar-refractivity contribution in [1.82, 2.24) is 5.32 Å². The van der Waals surface area contributed by atoms with Gasteiger partial charge in [-0.3, -0.25) is 10.1 Å². The number of nitrogens with one attached hydrogen (secondary N) is 1. The molecular weight excluding hydrogens is 308 g/mol. The first-order valence-corrected chi connectivity index (χ1v) is 7.99. The average Bonchev–Trinajstić information content (AvgIpc) is 2.92. The molecule has 21 heavy (non-hydrogen) atoms. The molecule has 0 unspecified atom stereocenters. The molecule has 0 bridgehead atoms. The van der Waals surface area contributed by atoms with Crippen LogP contribution in [0.5, 0.6) is 0 Å². The summed E-state index contributed by atoms with van der Waals surface area (Å²) in [6, 6.07) is 9.66. The van der Waals surface area contributed by atoms with E-state index in [2.05, 4.69) is 5.32 Å². The van der Waals surface area contributed by atoms with E-state index in [1.54, 1.807) is 11.8 Å². The van der Waals surface area contributed by atoms with Gasteiger partial charge in [-0.25, -0.2) is 0 Å². The molecule has 110 valence electrons. The molecule has 1 heterocycles. The van der Waals surface area contributed by atoms with Crippen molar-refractivity contribution in [3.63, 3.8) is 0 Å². The van der Waals surface area contributed by atoms with E-state index in [0.29, 0.717) is 30.9 Å². The quantitative estimate of drug-likeness (QED) is 0.643. The molecular formula is C15H15ClN2O2S. The molecule has 1 aromatic rings. The number of nitriles is 1. The van der Waals surface area contributed by atoms with Gasteiger partial charge in [-0.15, -0.1) is 11.8 Å². The number of hydrogen-bond donors (Lipinski definition) is 1. The van der Waals surface area contributed by atoms with Gasteiger partial charge in [-0.2, -0.15) is 5.26 Å². The largest absolute Gasteiger partial charge is 0.478 e. The van der Waals surface area contributed by atoms with Crippen LogP contribution in [0.4, 0.5) is 0 Å². The van der Waals surface area contributed by atoms with Crippen molar-refractivity contribution < 1.29 is 9.53 Å². The highest BCUT2D eigenvalue weighted by Gasteiger charge is 2.17. The monoisotopic (exact) mass is 322 g/mol. The summed E-state index contributed by atoms with van der Waals surface area (Å²) < 4.78 is 5.22. The highest BCUT2D eigenvalue weighted by atomic mass is 35.5. The fraction of sp³-hybridized carbons (Fsp3) is 0.333. The molecule has 1 aromatic carbocycles. The second-order valence-corrected chi connectivity index (χ2v) is 6.08. The SMILES string of the molecule is N#CC1=C(NC(=O)CCCSc2ccc(Cl)cc2)OCC1. The number of rotatable bonds is 6. The Kier molecular flexibility index (Phi) is 5.97. The van der Waals surface area contributed by atoms with Crippen LogP contribution in [-0.2, 0) is 9.53 Å².